The first-order chi connectivity index (χ1) is 10.4. The fourth-order valence-corrected chi connectivity index (χ4v) is 1.81. The number of carbonyl (C=O) groups excluding carboxylic acids is 3. The van der Waals surface area contributed by atoms with Gasteiger partial charge in [-0.1, -0.05) is 44.2 Å². The number of carbonyl (C=O) groups is 3. The summed E-state index contributed by atoms with van der Waals surface area (Å²) in [4.78, 5) is 34.7. The van der Waals surface area contributed by atoms with Gasteiger partial charge in [-0.15, -0.1) is 0 Å². The predicted octanol–water partition coefficient (Wildman–Crippen LogP) is 1.01. The molecule has 6 nitrogen and oxygen atoms in total. The van der Waals surface area contributed by atoms with Crippen LogP contribution in [0.2, 0.25) is 0 Å². The van der Waals surface area contributed by atoms with Gasteiger partial charge >= 0.3 is 5.97 Å². The molecule has 0 bridgehead atoms. The fourth-order valence-electron chi connectivity index (χ4n) is 1.81. The maximum Gasteiger partial charge on any atom is 0.325 e. The van der Waals surface area contributed by atoms with Crippen molar-refractivity contribution >= 4 is 17.8 Å². The average molecular weight is 306 g/mol. The molecule has 2 amide bonds. The van der Waals surface area contributed by atoms with Crippen molar-refractivity contribution in [2.45, 2.75) is 33.4 Å². The van der Waals surface area contributed by atoms with Crippen molar-refractivity contribution in [2.24, 2.45) is 5.92 Å². The van der Waals surface area contributed by atoms with Gasteiger partial charge in [-0.25, -0.2) is 0 Å². The second kappa shape index (κ2) is 8.81. The van der Waals surface area contributed by atoms with Crippen molar-refractivity contribution in [1.29, 1.82) is 0 Å². The standard InChI is InChI=1S/C16H22N2O4/c1-11(2)15(18-12(3)19)16(21)17-9-14(20)22-10-13-7-5-4-6-8-13/h4-8,11,15H,9-10H2,1-3H3,(H,17,21)(H,18,19)/t15-/m0/s1. The van der Waals surface area contributed by atoms with E-state index in [4.69, 9.17) is 4.74 Å². The highest BCUT2D eigenvalue weighted by Gasteiger charge is 2.23. The molecule has 22 heavy (non-hydrogen) atoms. The number of esters is 1. The Balaban J connectivity index is 2.38. The summed E-state index contributed by atoms with van der Waals surface area (Å²) in [5.41, 5.74) is 0.875. The molecule has 0 aliphatic rings. The number of hydrogen-bond donors (Lipinski definition) is 2. The Hall–Kier alpha value is -2.37. The quantitative estimate of drug-likeness (QED) is 0.736. The Morgan fingerprint density at radius 3 is 2.32 bits per heavy atom. The van der Waals surface area contributed by atoms with Gasteiger partial charge in [0.2, 0.25) is 11.8 Å². The maximum atomic E-state index is 12.0. The van der Waals surface area contributed by atoms with Gasteiger partial charge in [-0.05, 0) is 11.5 Å². The molecule has 0 radical (unpaired) electrons. The van der Waals surface area contributed by atoms with E-state index in [2.05, 4.69) is 10.6 Å². The molecule has 1 aromatic rings. The van der Waals surface area contributed by atoms with Gasteiger partial charge in [0.25, 0.3) is 0 Å². The van der Waals surface area contributed by atoms with Gasteiger partial charge in [-0.2, -0.15) is 0 Å². The molecule has 0 unspecified atom stereocenters. The highest BCUT2D eigenvalue weighted by Crippen LogP contribution is 2.02. The van der Waals surface area contributed by atoms with E-state index in [9.17, 15) is 14.4 Å². The predicted molar refractivity (Wildman–Crippen MR) is 81.7 cm³/mol. The third-order valence-corrected chi connectivity index (χ3v) is 2.96. The average Bonchev–Trinajstić information content (AvgIpc) is 2.48. The molecule has 1 aromatic carbocycles. The lowest BCUT2D eigenvalue weighted by molar-refractivity contribution is -0.145. The molecule has 0 fully saturated rings. The summed E-state index contributed by atoms with van der Waals surface area (Å²) in [5, 5.41) is 5.03. The van der Waals surface area contributed by atoms with Gasteiger partial charge in [0.1, 0.15) is 19.2 Å². The number of nitrogens with one attached hydrogen (secondary N) is 2. The first-order valence-corrected chi connectivity index (χ1v) is 7.14. The van der Waals surface area contributed by atoms with Crippen LogP contribution in [0.3, 0.4) is 0 Å². The Morgan fingerprint density at radius 1 is 1.14 bits per heavy atom. The van der Waals surface area contributed by atoms with Crippen molar-refractivity contribution < 1.29 is 19.1 Å². The van der Waals surface area contributed by atoms with E-state index in [1.54, 1.807) is 0 Å². The summed E-state index contributed by atoms with van der Waals surface area (Å²) in [5.74, 6) is -1.30. The van der Waals surface area contributed by atoms with Crippen LogP contribution < -0.4 is 10.6 Å². The van der Waals surface area contributed by atoms with Crippen molar-refractivity contribution in [1.82, 2.24) is 10.6 Å². The van der Waals surface area contributed by atoms with Gasteiger partial charge in [-0.3, -0.25) is 14.4 Å². The van der Waals surface area contributed by atoms with Crippen molar-refractivity contribution in [3.8, 4) is 0 Å². The first-order valence-electron chi connectivity index (χ1n) is 7.14. The van der Waals surface area contributed by atoms with Crippen LogP contribution in [-0.2, 0) is 25.7 Å². The third kappa shape index (κ3) is 6.39. The molecule has 0 aliphatic carbocycles. The molecule has 0 saturated heterocycles. The Labute approximate surface area is 130 Å². The zero-order chi connectivity index (χ0) is 16.5. The van der Waals surface area contributed by atoms with Crippen LogP contribution in [0.25, 0.3) is 0 Å². The molecule has 120 valence electrons. The lowest BCUT2D eigenvalue weighted by atomic mass is 10.0. The third-order valence-electron chi connectivity index (χ3n) is 2.96. The zero-order valence-electron chi connectivity index (χ0n) is 13.1. The van der Waals surface area contributed by atoms with E-state index < -0.39 is 17.9 Å². The summed E-state index contributed by atoms with van der Waals surface area (Å²) >= 11 is 0. The Bertz CT molecular complexity index is 514. The molecular weight excluding hydrogens is 284 g/mol. The number of amides is 2. The van der Waals surface area contributed by atoms with Crippen LogP contribution in [0.1, 0.15) is 26.3 Å². The summed E-state index contributed by atoms with van der Waals surface area (Å²) in [6.07, 6.45) is 0. The van der Waals surface area contributed by atoms with E-state index >= 15 is 0 Å². The van der Waals surface area contributed by atoms with E-state index in [1.165, 1.54) is 6.92 Å². The molecule has 6 heteroatoms. The zero-order valence-corrected chi connectivity index (χ0v) is 13.1. The molecule has 0 aliphatic heterocycles. The minimum absolute atomic E-state index is 0.0794. The summed E-state index contributed by atoms with van der Waals surface area (Å²) in [7, 11) is 0. The van der Waals surface area contributed by atoms with Crippen molar-refractivity contribution in [3.63, 3.8) is 0 Å². The van der Waals surface area contributed by atoms with E-state index in [-0.39, 0.29) is 25.0 Å². The summed E-state index contributed by atoms with van der Waals surface area (Å²) in [6.45, 7) is 4.90. The highest BCUT2D eigenvalue weighted by atomic mass is 16.5. The largest absolute Gasteiger partial charge is 0.460 e. The van der Waals surface area contributed by atoms with E-state index in [0.717, 1.165) is 5.56 Å². The molecule has 0 spiro atoms. The van der Waals surface area contributed by atoms with Crippen molar-refractivity contribution in [2.75, 3.05) is 6.54 Å². The van der Waals surface area contributed by atoms with Gasteiger partial charge in [0.05, 0.1) is 0 Å². The Kier molecular flexibility index (Phi) is 7.08. The monoisotopic (exact) mass is 306 g/mol. The molecule has 0 aromatic heterocycles. The SMILES string of the molecule is CC(=O)N[C@H](C(=O)NCC(=O)OCc1ccccc1)C(C)C. The second-order valence-electron chi connectivity index (χ2n) is 5.29. The van der Waals surface area contributed by atoms with Gasteiger partial charge < -0.3 is 15.4 Å². The second-order valence-corrected chi connectivity index (χ2v) is 5.29. The van der Waals surface area contributed by atoms with Crippen LogP contribution in [0.4, 0.5) is 0 Å². The number of rotatable bonds is 7. The smallest absolute Gasteiger partial charge is 0.325 e. The molecule has 0 saturated carbocycles. The topological polar surface area (TPSA) is 84.5 Å². The van der Waals surface area contributed by atoms with Crippen LogP contribution in [-0.4, -0.2) is 30.4 Å². The number of benzene rings is 1. The normalized spacial score (nSPS) is 11.6. The Morgan fingerprint density at radius 2 is 1.77 bits per heavy atom. The fraction of sp³-hybridized carbons (Fsp3) is 0.438. The van der Waals surface area contributed by atoms with Crippen LogP contribution in [0, 0.1) is 5.92 Å². The lowest BCUT2D eigenvalue weighted by Gasteiger charge is -2.20. The number of ether oxygens (including phenoxy) is 1. The first kappa shape index (κ1) is 17.7. The summed E-state index contributed by atoms with van der Waals surface area (Å²) in [6, 6.07) is 8.60. The van der Waals surface area contributed by atoms with Crippen LogP contribution in [0.5, 0.6) is 0 Å². The molecule has 1 rings (SSSR count). The molecule has 0 heterocycles. The molecule has 2 N–H and O–H groups in total. The molecule has 1 atom stereocenters. The van der Waals surface area contributed by atoms with Gasteiger partial charge in [0, 0.05) is 6.92 Å². The lowest BCUT2D eigenvalue weighted by Crippen LogP contribution is -2.50. The van der Waals surface area contributed by atoms with Crippen molar-refractivity contribution in [3.05, 3.63) is 35.9 Å². The van der Waals surface area contributed by atoms with Crippen LogP contribution >= 0.6 is 0 Å². The highest BCUT2D eigenvalue weighted by molar-refractivity contribution is 5.89. The van der Waals surface area contributed by atoms with E-state index in [0.29, 0.717) is 0 Å². The van der Waals surface area contributed by atoms with Crippen LogP contribution in [0.15, 0.2) is 30.3 Å². The minimum atomic E-state index is -0.667. The number of hydrogen-bond acceptors (Lipinski definition) is 4. The van der Waals surface area contributed by atoms with E-state index in [1.807, 2.05) is 44.2 Å². The maximum absolute atomic E-state index is 12.0. The molecular formula is C16H22N2O4. The summed E-state index contributed by atoms with van der Waals surface area (Å²) < 4.78 is 5.06. The minimum Gasteiger partial charge on any atom is -0.460 e. The van der Waals surface area contributed by atoms with Gasteiger partial charge in [0.15, 0.2) is 0 Å².